The first-order chi connectivity index (χ1) is 7.29. The maximum atomic E-state index is 11.3. The molecule has 1 aliphatic rings. The van der Waals surface area contributed by atoms with Gasteiger partial charge in [-0.2, -0.15) is 0 Å². The summed E-state index contributed by atoms with van der Waals surface area (Å²) in [7, 11) is 0. The summed E-state index contributed by atoms with van der Waals surface area (Å²) in [4.78, 5) is 15.2. The summed E-state index contributed by atoms with van der Waals surface area (Å²) in [6.07, 6.45) is 7.75. The van der Waals surface area contributed by atoms with Crippen molar-refractivity contribution in [2.24, 2.45) is 5.92 Å². The van der Waals surface area contributed by atoms with E-state index in [9.17, 15) is 9.90 Å². The van der Waals surface area contributed by atoms with Crippen molar-refractivity contribution in [3.63, 3.8) is 0 Å². The number of rotatable bonds is 3. The fourth-order valence-electron chi connectivity index (χ4n) is 2.48. The summed E-state index contributed by atoms with van der Waals surface area (Å²) in [5.74, 6) is -0.728. The van der Waals surface area contributed by atoms with Gasteiger partial charge in [-0.3, -0.25) is 9.78 Å². The summed E-state index contributed by atoms with van der Waals surface area (Å²) in [5.41, 5.74) is 0.893. The molecule has 0 amide bonds. The van der Waals surface area contributed by atoms with Gasteiger partial charge in [-0.15, -0.1) is 0 Å². The number of pyridine rings is 1. The quantitative estimate of drug-likeness (QED) is 0.824. The summed E-state index contributed by atoms with van der Waals surface area (Å²) >= 11 is 0. The van der Waals surface area contributed by atoms with Gasteiger partial charge in [0.15, 0.2) is 0 Å². The molecule has 0 unspecified atom stereocenters. The lowest BCUT2D eigenvalue weighted by Crippen LogP contribution is -2.19. The molecule has 1 aromatic rings. The van der Waals surface area contributed by atoms with Crippen molar-refractivity contribution in [3.8, 4) is 0 Å². The fourth-order valence-corrected chi connectivity index (χ4v) is 2.48. The molecule has 1 N–H and O–H groups in total. The van der Waals surface area contributed by atoms with Crippen molar-refractivity contribution >= 4 is 5.97 Å². The first-order valence-corrected chi connectivity index (χ1v) is 5.42. The van der Waals surface area contributed by atoms with Crippen LogP contribution in [0.3, 0.4) is 0 Å². The number of carboxylic acids is 1. The number of aromatic nitrogens is 1. The number of aliphatic carboxylic acids is 1. The van der Waals surface area contributed by atoms with Crippen LogP contribution in [0.15, 0.2) is 24.5 Å². The van der Waals surface area contributed by atoms with Crippen molar-refractivity contribution in [3.05, 3.63) is 30.1 Å². The van der Waals surface area contributed by atoms with E-state index in [2.05, 4.69) is 4.98 Å². The highest BCUT2D eigenvalue weighted by Crippen LogP contribution is 2.37. The Balaban J connectivity index is 2.23. The monoisotopic (exact) mass is 205 g/mol. The van der Waals surface area contributed by atoms with Gasteiger partial charge in [0.1, 0.15) is 0 Å². The molecule has 1 heterocycles. The predicted molar refractivity (Wildman–Crippen MR) is 56.6 cm³/mol. The molecular weight excluding hydrogens is 190 g/mol. The number of nitrogens with zero attached hydrogens (tertiary/aromatic N) is 1. The molecule has 0 spiro atoms. The predicted octanol–water partition coefficient (Wildman–Crippen LogP) is 2.44. The molecule has 1 aromatic heterocycles. The van der Waals surface area contributed by atoms with Gasteiger partial charge in [-0.25, -0.2) is 0 Å². The SMILES string of the molecule is O=C(O)[C@H](c1ccncc1)C1CCCC1. The zero-order chi connectivity index (χ0) is 10.7. The Morgan fingerprint density at radius 1 is 1.33 bits per heavy atom. The molecule has 3 heteroatoms. The fraction of sp³-hybridized carbons (Fsp3) is 0.500. The topological polar surface area (TPSA) is 50.2 Å². The molecule has 0 saturated heterocycles. The molecule has 80 valence electrons. The number of hydrogen-bond donors (Lipinski definition) is 1. The van der Waals surface area contributed by atoms with Crippen LogP contribution in [0, 0.1) is 5.92 Å². The van der Waals surface area contributed by atoms with Crippen molar-refractivity contribution in [2.45, 2.75) is 31.6 Å². The lowest BCUT2D eigenvalue weighted by Gasteiger charge is -2.19. The minimum Gasteiger partial charge on any atom is -0.481 e. The second kappa shape index (κ2) is 4.43. The van der Waals surface area contributed by atoms with E-state index in [0.29, 0.717) is 5.92 Å². The molecule has 1 saturated carbocycles. The highest BCUT2D eigenvalue weighted by Gasteiger charge is 2.31. The maximum Gasteiger partial charge on any atom is 0.311 e. The first-order valence-electron chi connectivity index (χ1n) is 5.42. The van der Waals surface area contributed by atoms with Gasteiger partial charge in [0.25, 0.3) is 0 Å². The Morgan fingerprint density at radius 3 is 2.47 bits per heavy atom. The van der Waals surface area contributed by atoms with E-state index in [1.54, 1.807) is 12.4 Å². The summed E-state index contributed by atoms with van der Waals surface area (Å²) in [6.45, 7) is 0. The highest BCUT2D eigenvalue weighted by molar-refractivity contribution is 5.76. The summed E-state index contributed by atoms with van der Waals surface area (Å²) in [6, 6.07) is 3.63. The van der Waals surface area contributed by atoms with Gasteiger partial charge in [0.2, 0.25) is 0 Å². The van der Waals surface area contributed by atoms with E-state index in [4.69, 9.17) is 0 Å². The molecule has 0 bridgehead atoms. The van der Waals surface area contributed by atoms with E-state index in [-0.39, 0.29) is 5.92 Å². The van der Waals surface area contributed by atoms with Crippen LogP contribution in [0.4, 0.5) is 0 Å². The molecule has 15 heavy (non-hydrogen) atoms. The van der Waals surface area contributed by atoms with Gasteiger partial charge >= 0.3 is 5.97 Å². The third-order valence-corrected chi connectivity index (χ3v) is 3.20. The van der Waals surface area contributed by atoms with Crippen LogP contribution in [0.2, 0.25) is 0 Å². The van der Waals surface area contributed by atoms with Crippen LogP contribution in [0.1, 0.15) is 37.2 Å². The minimum atomic E-state index is -0.701. The first kappa shape index (κ1) is 10.1. The van der Waals surface area contributed by atoms with Crippen LogP contribution >= 0.6 is 0 Å². The number of carboxylic acid groups (broad SMARTS) is 1. The van der Waals surface area contributed by atoms with Gasteiger partial charge in [0.05, 0.1) is 5.92 Å². The van der Waals surface area contributed by atoms with Crippen LogP contribution in [-0.4, -0.2) is 16.1 Å². The molecule has 1 aliphatic carbocycles. The normalized spacial score (nSPS) is 18.9. The van der Waals surface area contributed by atoms with Crippen molar-refractivity contribution in [2.75, 3.05) is 0 Å². The van der Waals surface area contributed by atoms with Crippen LogP contribution in [0.5, 0.6) is 0 Å². The lowest BCUT2D eigenvalue weighted by molar-refractivity contribution is -0.140. The molecular formula is C12H15NO2. The second-order valence-corrected chi connectivity index (χ2v) is 4.14. The van der Waals surface area contributed by atoms with E-state index >= 15 is 0 Å². The van der Waals surface area contributed by atoms with Crippen molar-refractivity contribution in [1.29, 1.82) is 0 Å². The summed E-state index contributed by atoms with van der Waals surface area (Å²) < 4.78 is 0. The Kier molecular flexibility index (Phi) is 2.99. The van der Waals surface area contributed by atoms with E-state index < -0.39 is 5.97 Å². The average molecular weight is 205 g/mol. The van der Waals surface area contributed by atoms with Crippen LogP contribution < -0.4 is 0 Å². The Hall–Kier alpha value is -1.38. The Labute approximate surface area is 89.2 Å². The van der Waals surface area contributed by atoms with Crippen molar-refractivity contribution < 1.29 is 9.90 Å². The molecule has 1 fully saturated rings. The van der Waals surface area contributed by atoms with Crippen LogP contribution in [-0.2, 0) is 4.79 Å². The standard InChI is InChI=1S/C12H15NO2/c14-12(15)11(9-3-1-2-4-9)10-5-7-13-8-6-10/h5-9,11H,1-4H2,(H,14,15)/t11-/m0/s1. The third kappa shape index (κ3) is 2.17. The lowest BCUT2D eigenvalue weighted by atomic mass is 9.85. The minimum absolute atomic E-state index is 0.310. The molecule has 2 rings (SSSR count). The highest BCUT2D eigenvalue weighted by atomic mass is 16.4. The van der Waals surface area contributed by atoms with Gasteiger partial charge < -0.3 is 5.11 Å². The van der Waals surface area contributed by atoms with E-state index in [1.165, 1.54) is 12.8 Å². The van der Waals surface area contributed by atoms with Crippen molar-refractivity contribution in [1.82, 2.24) is 4.98 Å². The smallest absolute Gasteiger partial charge is 0.311 e. The average Bonchev–Trinajstić information content (AvgIpc) is 2.72. The number of carbonyl (C=O) groups is 1. The summed E-state index contributed by atoms with van der Waals surface area (Å²) in [5, 5.41) is 9.27. The van der Waals surface area contributed by atoms with Gasteiger partial charge in [0, 0.05) is 12.4 Å². The Morgan fingerprint density at radius 2 is 1.93 bits per heavy atom. The van der Waals surface area contributed by atoms with Gasteiger partial charge in [-0.1, -0.05) is 12.8 Å². The largest absolute Gasteiger partial charge is 0.481 e. The number of hydrogen-bond acceptors (Lipinski definition) is 2. The van der Waals surface area contributed by atoms with Crippen LogP contribution in [0.25, 0.3) is 0 Å². The molecule has 0 radical (unpaired) electrons. The maximum absolute atomic E-state index is 11.3. The Bertz CT molecular complexity index is 331. The van der Waals surface area contributed by atoms with Gasteiger partial charge in [-0.05, 0) is 36.5 Å². The molecule has 0 aromatic carbocycles. The van der Waals surface area contributed by atoms with E-state index in [0.717, 1.165) is 18.4 Å². The molecule has 3 nitrogen and oxygen atoms in total. The van der Waals surface area contributed by atoms with E-state index in [1.807, 2.05) is 12.1 Å². The zero-order valence-corrected chi connectivity index (χ0v) is 8.60. The third-order valence-electron chi connectivity index (χ3n) is 3.20. The second-order valence-electron chi connectivity index (χ2n) is 4.14. The molecule has 1 atom stereocenters. The molecule has 0 aliphatic heterocycles. The zero-order valence-electron chi connectivity index (χ0n) is 8.60.